The molecule has 5 heteroatoms. The quantitative estimate of drug-likeness (QED) is 0.121. The molecule has 4 aromatic rings. The van der Waals surface area contributed by atoms with Gasteiger partial charge in [0.2, 0.25) is 0 Å². The molecular weight excluding hydrogens is 584 g/mol. The third kappa shape index (κ3) is 8.19. The highest BCUT2D eigenvalue weighted by Crippen LogP contribution is 2.39. The fourth-order valence-corrected chi connectivity index (χ4v) is 6.35. The summed E-state index contributed by atoms with van der Waals surface area (Å²) in [5.41, 5.74) is 9.36. The summed E-state index contributed by atoms with van der Waals surface area (Å²) in [6.45, 7) is 12.7. The van der Waals surface area contributed by atoms with E-state index in [1.54, 1.807) is 6.92 Å². The second kappa shape index (κ2) is 16.5. The van der Waals surface area contributed by atoms with E-state index < -0.39 is 0 Å². The molecular formula is C42H50O5. The molecule has 5 rings (SSSR count). The van der Waals surface area contributed by atoms with Gasteiger partial charge in [0, 0.05) is 31.2 Å². The second-order valence-corrected chi connectivity index (χ2v) is 12.5. The van der Waals surface area contributed by atoms with Crippen LogP contribution in [0.1, 0.15) is 115 Å². The van der Waals surface area contributed by atoms with E-state index in [0.717, 1.165) is 93.2 Å². The standard InChI is InChI=1S/C42H50O5/c1-6-19-44-39-30-13-10-14-31(39)24-33-16-12-18-35(41(33)46-21-8-3)26-38-28-36(29(5)43)27-37(42(38)47-22-9-4)25-34-17-11-15-32(23-30)40(34)45-20-7-2/h10-18,27-28H,6-9,19-26H2,1-5H3. The molecule has 0 saturated carbocycles. The van der Waals surface area contributed by atoms with Crippen molar-refractivity contribution in [3.05, 3.63) is 117 Å². The van der Waals surface area contributed by atoms with Crippen molar-refractivity contribution in [1.82, 2.24) is 0 Å². The number of Topliss-reactive ketones (excluding diaryl/α,β-unsaturated/α-hetero) is 1. The molecule has 47 heavy (non-hydrogen) atoms. The molecule has 0 fully saturated rings. The summed E-state index contributed by atoms with van der Waals surface area (Å²) >= 11 is 0. The van der Waals surface area contributed by atoms with Crippen molar-refractivity contribution in [2.45, 2.75) is 86.0 Å². The van der Waals surface area contributed by atoms with Crippen LogP contribution < -0.4 is 18.9 Å². The molecule has 5 nitrogen and oxygen atoms in total. The van der Waals surface area contributed by atoms with Gasteiger partial charge in [-0.25, -0.2) is 0 Å². The first kappa shape index (κ1) is 34.1. The molecule has 8 bridgehead atoms. The van der Waals surface area contributed by atoms with Gasteiger partial charge >= 0.3 is 0 Å². The minimum atomic E-state index is 0.0365. The molecule has 0 saturated heterocycles. The Hall–Kier alpha value is -4.25. The van der Waals surface area contributed by atoms with Crippen LogP contribution in [0.5, 0.6) is 23.0 Å². The average molecular weight is 635 g/mol. The van der Waals surface area contributed by atoms with Crippen LogP contribution in [0.4, 0.5) is 0 Å². The van der Waals surface area contributed by atoms with Gasteiger partial charge in [-0.05, 0) is 89.2 Å². The SMILES string of the molecule is CCCOc1c2cccc1Cc1cccc(c1OCCC)Cc1cc(C(C)=O)cc(c1OCCC)Cc1cccc(c1OCCC)C2. The number of ketones is 1. The Bertz CT molecular complexity index is 1570. The predicted octanol–water partition coefficient (Wildman–Crippen LogP) is 9.72. The molecule has 0 amide bonds. The van der Waals surface area contributed by atoms with Gasteiger partial charge in [-0.3, -0.25) is 4.79 Å². The number of benzene rings is 4. The number of ether oxygens (including phenoxy) is 4. The number of hydrogen-bond acceptors (Lipinski definition) is 5. The lowest BCUT2D eigenvalue weighted by Gasteiger charge is -2.23. The number of carbonyl (C=O) groups is 1. The summed E-state index contributed by atoms with van der Waals surface area (Å²) in [6.07, 6.45) is 6.14. The molecule has 0 radical (unpaired) electrons. The van der Waals surface area contributed by atoms with Crippen LogP contribution in [0.15, 0.2) is 66.7 Å². The first-order valence-corrected chi connectivity index (χ1v) is 17.5. The third-order valence-corrected chi connectivity index (χ3v) is 8.51. The van der Waals surface area contributed by atoms with E-state index in [1.807, 2.05) is 12.1 Å². The van der Waals surface area contributed by atoms with Crippen molar-refractivity contribution in [2.75, 3.05) is 26.4 Å². The molecule has 0 aliphatic heterocycles. The topological polar surface area (TPSA) is 54.0 Å². The Kier molecular flexibility index (Phi) is 12.0. The maximum Gasteiger partial charge on any atom is 0.159 e. The molecule has 4 aromatic carbocycles. The normalized spacial score (nSPS) is 12.4. The Labute approximate surface area is 281 Å². The van der Waals surface area contributed by atoms with E-state index in [-0.39, 0.29) is 5.78 Å². The second-order valence-electron chi connectivity index (χ2n) is 12.5. The van der Waals surface area contributed by atoms with Crippen molar-refractivity contribution in [3.63, 3.8) is 0 Å². The maximum absolute atomic E-state index is 12.9. The van der Waals surface area contributed by atoms with Gasteiger partial charge in [0.1, 0.15) is 23.0 Å². The minimum Gasteiger partial charge on any atom is -0.493 e. The molecule has 1 aliphatic rings. The van der Waals surface area contributed by atoms with E-state index in [9.17, 15) is 4.79 Å². The highest BCUT2D eigenvalue weighted by atomic mass is 16.5. The van der Waals surface area contributed by atoms with Crippen molar-refractivity contribution in [3.8, 4) is 23.0 Å². The Morgan fingerprint density at radius 2 is 0.723 bits per heavy atom. The summed E-state index contributed by atoms with van der Waals surface area (Å²) in [7, 11) is 0. The molecule has 0 unspecified atom stereocenters. The average Bonchev–Trinajstić information content (AvgIpc) is 3.06. The van der Waals surface area contributed by atoms with E-state index in [1.165, 1.54) is 0 Å². The van der Waals surface area contributed by atoms with E-state index in [2.05, 4.69) is 82.3 Å². The van der Waals surface area contributed by atoms with Crippen LogP contribution in [0.25, 0.3) is 0 Å². The largest absolute Gasteiger partial charge is 0.493 e. The summed E-state index contributed by atoms with van der Waals surface area (Å²) < 4.78 is 26.2. The number of hydrogen-bond donors (Lipinski definition) is 0. The molecule has 1 aliphatic carbocycles. The van der Waals surface area contributed by atoms with Crippen LogP contribution in [-0.4, -0.2) is 32.2 Å². The predicted molar refractivity (Wildman–Crippen MR) is 190 cm³/mol. The van der Waals surface area contributed by atoms with Crippen molar-refractivity contribution in [2.24, 2.45) is 0 Å². The zero-order valence-corrected chi connectivity index (χ0v) is 28.9. The third-order valence-electron chi connectivity index (χ3n) is 8.51. The van der Waals surface area contributed by atoms with Crippen LogP contribution in [0.3, 0.4) is 0 Å². The summed E-state index contributed by atoms with van der Waals surface area (Å²) in [5.74, 6) is 3.65. The highest BCUT2D eigenvalue weighted by Gasteiger charge is 2.23. The molecule has 0 heterocycles. The molecule has 0 atom stereocenters. The first-order valence-electron chi connectivity index (χ1n) is 17.5. The maximum atomic E-state index is 12.9. The molecule has 248 valence electrons. The van der Waals surface area contributed by atoms with Crippen molar-refractivity contribution < 1.29 is 23.7 Å². The van der Waals surface area contributed by atoms with E-state index in [4.69, 9.17) is 18.9 Å². The van der Waals surface area contributed by atoms with Crippen LogP contribution in [0, 0.1) is 0 Å². The van der Waals surface area contributed by atoms with Gasteiger partial charge in [0.25, 0.3) is 0 Å². The van der Waals surface area contributed by atoms with Gasteiger partial charge < -0.3 is 18.9 Å². The smallest absolute Gasteiger partial charge is 0.159 e. The summed E-state index contributed by atoms with van der Waals surface area (Å²) in [5, 5.41) is 0. The fraction of sp³-hybridized carbons (Fsp3) is 0.405. The summed E-state index contributed by atoms with van der Waals surface area (Å²) in [6, 6.07) is 23.4. The number of para-hydroxylation sites is 3. The van der Waals surface area contributed by atoms with Gasteiger partial charge in [0.15, 0.2) is 5.78 Å². The Morgan fingerprint density at radius 1 is 0.468 bits per heavy atom. The van der Waals surface area contributed by atoms with Gasteiger partial charge in [-0.1, -0.05) is 82.3 Å². The molecule has 0 aromatic heterocycles. The van der Waals surface area contributed by atoms with Gasteiger partial charge in [-0.2, -0.15) is 0 Å². The van der Waals surface area contributed by atoms with Gasteiger partial charge in [0.05, 0.1) is 26.4 Å². The van der Waals surface area contributed by atoms with Gasteiger partial charge in [-0.15, -0.1) is 0 Å². The zero-order chi connectivity index (χ0) is 33.2. The lowest BCUT2D eigenvalue weighted by molar-refractivity contribution is 0.101. The minimum absolute atomic E-state index is 0.0365. The number of fused-ring (bicyclic) bond motifs is 8. The Morgan fingerprint density at radius 3 is 0.979 bits per heavy atom. The number of carbonyl (C=O) groups excluding carboxylic acids is 1. The first-order chi connectivity index (χ1) is 23.0. The zero-order valence-electron chi connectivity index (χ0n) is 28.9. The number of rotatable bonds is 13. The van der Waals surface area contributed by atoms with Crippen LogP contribution in [-0.2, 0) is 25.7 Å². The lowest BCUT2D eigenvalue weighted by Crippen LogP contribution is -2.11. The van der Waals surface area contributed by atoms with Crippen LogP contribution in [0.2, 0.25) is 0 Å². The molecule has 0 spiro atoms. The molecule has 0 N–H and O–H groups in total. The van der Waals surface area contributed by atoms with Crippen molar-refractivity contribution >= 4 is 5.78 Å². The Balaban J connectivity index is 1.80. The monoisotopic (exact) mass is 634 g/mol. The van der Waals surface area contributed by atoms with E-state index >= 15 is 0 Å². The van der Waals surface area contributed by atoms with Crippen molar-refractivity contribution in [1.29, 1.82) is 0 Å². The van der Waals surface area contributed by atoms with E-state index in [0.29, 0.717) is 57.7 Å². The fourth-order valence-electron chi connectivity index (χ4n) is 6.35. The highest BCUT2D eigenvalue weighted by molar-refractivity contribution is 5.95. The summed E-state index contributed by atoms with van der Waals surface area (Å²) in [4.78, 5) is 12.9. The van der Waals surface area contributed by atoms with Crippen LogP contribution >= 0.6 is 0 Å². The lowest BCUT2D eigenvalue weighted by atomic mass is 9.90.